The van der Waals surface area contributed by atoms with E-state index in [1.807, 2.05) is 53.4 Å². The van der Waals surface area contributed by atoms with Crippen LogP contribution >= 0.6 is 0 Å². The van der Waals surface area contributed by atoms with Gasteiger partial charge in [0.2, 0.25) is 11.8 Å². The predicted octanol–water partition coefficient (Wildman–Crippen LogP) is 4.47. The Bertz CT molecular complexity index is 984. The van der Waals surface area contributed by atoms with Gasteiger partial charge in [-0.1, -0.05) is 37.1 Å². The Kier molecular flexibility index (Phi) is 6.97. The lowest BCUT2D eigenvalue weighted by Crippen LogP contribution is -2.32. The Balaban J connectivity index is 1.22. The zero-order valence-electron chi connectivity index (χ0n) is 17.9. The molecule has 0 radical (unpaired) electrons. The second-order valence-corrected chi connectivity index (χ2v) is 8.24. The number of hydrogen-bond acceptors (Lipinski definition) is 3. The number of rotatable bonds is 7. The highest BCUT2D eigenvalue weighted by Gasteiger charge is 2.16. The molecule has 0 saturated carbocycles. The number of fused-ring (bicyclic) bond motifs is 1. The number of carbonyl (C=O) groups is 2. The molecule has 2 N–H and O–H groups in total. The molecule has 162 valence electrons. The highest BCUT2D eigenvalue weighted by atomic mass is 16.2. The lowest BCUT2D eigenvalue weighted by Gasteiger charge is -2.20. The maximum atomic E-state index is 12.3. The third-order valence-corrected chi connectivity index (χ3v) is 5.85. The molecule has 2 heterocycles. The summed E-state index contributed by atoms with van der Waals surface area (Å²) in [7, 11) is 0. The van der Waals surface area contributed by atoms with Gasteiger partial charge in [-0.05, 0) is 49.1 Å². The molecule has 3 aromatic rings. The van der Waals surface area contributed by atoms with E-state index in [-0.39, 0.29) is 24.7 Å². The van der Waals surface area contributed by atoms with E-state index < -0.39 is 0 Å². The van der Waals surface area contributed by atoms with Gasteiger partial charge < -0.3 is 15.2 Å². The van der Waals surface area contributed by atoms with Crippen LogP contribution in [0.25, 0.3) is 11.0 Å². The quantitative estimate of drug-likeness (QED) is 0.594. The molecular formula is C25H30N4O2. The van der Waals surface area contributed by atoms with Crippen molar-refractivity contribution in [2.45, 2.75) is 51.4 Å². The number of aryl methyl sites for hydroxylation is 2. The van der Waals surface area contributed by atoms with Crippen molar-refractivity contribution in [3.8, 4) is 0 Å². The van der Waals surface area contributed by atoms with Gasteiger partial charge >= 0.3 is 0 Å². The van der Waals surface area contributed by atoms with Crippen molar-refractivity contribution in [3.63, 3.8) is 0 Å². The number of para-hydroxylation sites is 2. The third kappa shape index (κ3) is 5.94. The second kappa shape index (κ2) is 10.2. The van der Waals surface area contributed by atoms with E-state index >= 15 is 0 Å². The lowest BCUT2D eigenvalue weighted by atomic mass is 10.1. The van der Waals surface area contributed by atoms with Crippen LogP contribution in [0.3, 0.4) is 0 Å². The van der Waals surface area contributed by atoms with Gasteiger partial charge in [0.15, 0.2) is 0 Å². The Hall–Kier alpha value is -3.15. The fourth-order valence-corrected chi connectivity index (χ4v) is 4.06. The summed E-state index contributed by atoms with van der Waals surface area (Å²) in [6.07, 6.45) is 6.74. The van der Waals surface area contributed by atoms with Gasteiger partial charge in [-0.3, -0.25) is 9.59 Å². The van der Waals surface area contributed by atoms with Gasteiger partial charge in [0, 0.05) is 38.0 Å². The first-order valence-corrected chi connectivity index (χ1v) is 11.3. The predicted molar refractivity (Wildman–Crippen MR) is 123 cm³/mol. The molecule has 0 spiro atoms. The molecule has 0 unspecified atom stereocenters. The Morgan fingerprint density at radius 2 is 1.65 bits per heavy atom. The average molecular weight is 419 g/mol. The van der Waals surface area contributed by atoms with Crippen molar-refractivity contribution in [1.29, 1.82) is 0 Å². The average Bonchev–Trinajstić information content (AvgIpc) is 3.00. The zero-order valence-corrected chi connectivity index (χ0v) is 17.9. The van der Waals surface area contributed by atoms with Crippen LogP contribution in [0.5, 0.6) is 0 Å². The Labute approximate surface area is 183 Å². The van der Waals surface area contributed by atoms with Crippen molar-refractivity contribution in [2.24, 2.45) is 0 Å². The summed E-state index contributed by atoms with van der Waals surface area (Å²) in [6, 6.07) is 15.9. The number of anilines is 1. The number of nitrogens with one attached hydrogen (secondary N) is 2. The van der Waals surface area contributed by atoms with Crippen molar-refractivity contribution in [1.82, 2.24) is 14.9 Å². The molecule has 6 nitrogen and oxygen atoms in total. The normalized spacial score (nSPS) is 14.4. The van der Waals surface area contributed by atoms with E-state index in [0.29, 0.717) is 0 Å². The molecule has 1 fully saturated rings. The Morgan fingerprint density at radius 3 is 2.39 bits per heavy atom. The summed E-state index contributed by atoms with van der Waals surface area (Å²) in [5.74, 6) is 0.962. The summed E-state index contributed by atoms with van der Waals surface area (Å²) in [4.78, 5) is 34.5. The highest BCUT2D eigenvalue weighted by Crippen LogP contribution is 2.15. The molecule has 1 aliphatic rings. The number of aromatic amines is 1. The van der Waals surface area contributed by atoms with E-state index in [2.05, 4.69) is 15.3 Å². The zero-order chi connectivity index (χ0) is 21.5. The molecule has 31 heavy (non-hydrogen) atoms. The molecule has 0 bridgehead atoms. The summed E-state index contributed by atoms with van der Waals surface area (Å²) in [6.45, 7) is 1.66. The minimum atomic E-state index is -0.113. The largest absolute Gasteiger partial charge is 0.343 e. The molecule has 1 saturated heterocycles. The standard InChI is InChI=1S/C25H30N4O2/c30-24(15-16-25(31)29-17-5-1-2-6-18-29)26-20-12-9-19(10-13-20)11-14-23-27-21-7-3-4-8-22(21)28-23/h3-4,7-10,12-13H,1-2,5-6,11,14-18H2,(H,26,30)(H,27,28). The van der Waals surface area contributed by atoms with Gasteiger partial charge in [-0.15, -0.1) is 0 Å². The number of carbonyl (C=O) groups excluding carboxylic acids is 2. The summed E-state index contributed by atoms with van der Waals surface area (Å²) >= 11 is 0. The van der Waals surface area contributed by atoms with Gasteiger partial charge in [-0.25, -0.2) is 4.98 Å². The number of benzene rings is 2. The molecule has 1 aliphatic heterocycles. The van der Waals surface area contributed by atoms with E-state index in [0.717, 1.165) is 61.3 Å². The van der Waals surface area contributed by atoms with Gasteiger partial charge in [0.05, 0.1) is 11.0 Å². The third-order valence-electron chi connectivity index (χ3n) is 5.85. The van der Waals surface area contributed by atoms with Gasteiger partial charge in [0.1, 0.15) is 5.82 Å². The molecule has 2 amide bonds. The smallest absolute Gasteiger partial charge is 0.224 e. The number of likely N-dealkylation sites (tertiary alicyclic amines) is 1. The van der Waals surface area contributed by atoms with Crippen LogP contribution in [0.2, 0.25) is 0 Å². The fourth-order valence-electron chi connectivity index (χ4n) is 4.06. The highest BCUT2D eigenvalue weighted by molar-refractivity contribution is 5.93. The van der Waals surface area contributed by atoms with Crippen molar-refractivity contribution in [3.05, 3.63) is 59.9 Å². The van der Waals surface area contributed by atoms with Crippen molar-refractivity contribution in [2.75, 3.05) is 18.4 Å². The van der Waals surface area contributed by atoms with Gasteiger partial charge in [0.25, 0.3) is 0 Å². The molecule has 4 rings (SSSR count). The first-order chi connectivity index (χ1) is 15.2. The number of amides is 2. The first-order valence-electron chi connectivity index (χ1n) is 11.3. The summed E-state index contributed by atoms with van der Waals surface area (Å²) in [5, 5.41) is 2.90. The molecule has 0 atom stereocenters. The van der Waals surface area contributed by atoms with Crippen LogP contribution in [-0.4, -0.2) is 39.8 Å². The first kappa shape index (κ1) is 21.1. The summed E-state index contributed by atoms with van der Waals surface area (Å²) < 4.78 is 0. The van der Waals surface area contributed by atoms with Crippen molar-refractivity contribution >= 4 is 28.5 Å². The minimum Gasteiger partial charge on any atom is -0.343 e. The SMILES string of the molecule is O=C(CCC(=O)N1CCCCCC1)Nc1ccc(CCc2nc3ccccc3[nH]2)cc1. The number of hydrogen-bond donors (Lipinski definition) is 2. The minimum absolute atomic E-state index is 0.0954. The number of H-pyrrole nitrogens is 1. The van der Waals surface area contributed by atoms with Crippen LogP contribution in [0.4, 0.5) is 5.69 Å². The molecule has 0 aliphatic carbocycles. The van der Waals surface area contributed by atoms with Crippen LogP contribution in [0, 0.1) is 0 Å². The topological polar surface area (TPSA) is 78.1 Å². The monoisotopic (exact) mass is 418 g/mol. The number of nitrogens with zero attached hydrogens (tertiary/aromatic N) is 2. The molecular weight excluding hydrogens is 388 g/mol. The Morgan fingerprint density at radius 1 is 0.903 bits per heavy atom. The summed E-state index contributed by atoms with van der Waals surface area (Å²) in [5.41, 5.74) is 4.00. The maximum Gasteiger partial charge on any atom is 0.224 e. The molecule has 1 aromatic heterocycles. The van der Waals surface area contributed by atoms with Gasteiger partial charge in [-0.2, -0.15) is 0 Å². The van der Waals surface area contributed by atoms with E-state index in [1.54, 1.807) is 0 Å². The van der Waals surface area contributed by atoms with Crippen LogP contribution < -0.4 is 5.32 Å². The fraction of sp³-hybridized carbons (Fsp3) is 0.400. The van der Waals surface area contributed by atoms with E-state index in [1.165, 1.54) is 18.4 Å². The maximum absolute atomic E-state index is 12.3. The van der Waals surface area contributed by atoms with Crippen LogP contribution in [0.1, 0.15) is 49.9 Å². The number of aromatic nitrogens is 2. The van der Waals surface area contributed by atoms with Crippen LogP contribution in [0.15, 0.2) is 48.5 Å². The van der Waals surface area contributed by atoms with Crippen molar-refractivity contribution < 1.29 is 9.59 Å². The van der Waals surface area contributed by atoms with E-state index in [9.17, 15) is 9.59 Å². The molecule has 6 heteroatoms. The lowest BCUT2D eigenvalue weighted by molar-refractivity contribution is -0.132. The number of imidazole rings is 1. The second-order valence-electron chi connectivity index (χ2n) is 8.24. The molecule has 2 aromatic carbocycles. The van der Waals surface area contributed by atoms with E-state index in [4.69, 9.17) is 0 Å². The van der Waals surface area contributed by atoms with Crippen LogP contribution in [-0.2, 0) is 22.4 Å².